The van der Waals surface area contributed by atoms with Crippen LogP contribution in [-0.4, -0.2) is 31.3 Å². The SMILES string of the molecule is CN(C)CCCc1ccc(C(=O)CCc2ccc(C(F)(F)F)cc2)cc1. The maximum absolute atomic E-state index is 12.5. The first-order valence-electron chi connectivity index (χ1n) is 8.69. The van der Waals surface area contributed by atoms with Crippen LogP contribution in [0.4, 0.5) is 13.2 Å². The van der Waals surface area contributed by atoms with Gasteiger partial charge in [-0.3, -0.25) is 4.79 Å². The van der Waals surface area contributed by atoms with E-state index in [9.17, 15) is 18.0 Å². The highest BCUT2D eigenvalue weighted by atomic mass is 19.4. The number of aryl methyl sites for hydroxylation is 2. The van der Waals surface area contributed by atoms with Crippen LogP contribution < -0.4 is 0 Å². The number of ketones is 1. The summed E-state index contributed by atoms with van der Waals surface area (Å²) in [6.07, 6.45) is -1.58. The molecule has 0 spiro atoms. The molecular weight excluding hydrogens is 339 g/mol. The van der Waals surface area contributed by atoms with Gasteiger partial charge in [0.1, 0.15) is 0 Å². The molecule has 0 atom stereocenters. The summed E-state index contributed by atoms with van der Waals surface area (Å²) < 4.78 is 37.6. The Morgan fingerprint density at radius 3 is 1.96 bits per heavy atom. The van der Waals surface area contributed by atoms with Gasteiger partial charge in [-0.25, -0.2) is 0 Å². The van der Waals surface area contributed by atoms with Crippen molar-refractivity contribution >= 4 is 5.78 Å². The molecule has 0 radical (unpaired) electrons. The van der Waals surface area contributed by atoms with Crippen molar-refractivity contribution in [2.45, 2.75) is 31.9 Å². The van der Waals surface area contributed by atoms with E-state index in [-0.39, 0.29) is 12.2 Å². The van der Waals surface area contributed by atoms with E-state index in [1.807, 2.05) is 38.4 Å². The zero-order chi connectivity index (χ0) is 19.2. The Hall–Kier alpha value is -2.14. The lowest BCUT2D eigenvalue weighted by atomic mass is 10.00. The summed E-state index contributed by atoms with van der Waals surface area (Å²) in [7, 11) is 4.08. The van der Waals surface area contributed by atoms with Crippen molar-refractivity contribution in [2.24, 2.45) is 0 Å². The molecule has 0 amide bonds. The average Bonchev–Trinajstić information content (AvgIpc) is 2.59. The molecule has 0 aromatic heterocycles. The number of rotatable bonds is 8. The van der Waals surface area contributed by atoms with Gasteiger partial charge in [-0.2, -0.15) is 13.2 Å². The Labute approximate surface area is 152 Å². The lowest BCUT2D eigenvalue weighted by molar-refractivity contribution is -0.137. The molecule has 0 heterocycles. The van der Waals surface area contributed by atoms with E-state index >= 15 is 0 Å². The van der Waals surface area contributed by atoms with Crippen LogP contribution in [0.3, 0.4) is 0 Å². The molecule has 5 heteroatoms. The van der Waals surface area contributed by atoms with Gasteiger partial charge in [-0.1, -0.05) is 36.4 Å². The maximum Gasteiger partial charge on any atom is 0.416 e. The third kappa shape index (κ3) is 6.30. The highest BCUT2D eigenvalue weighted by molar-refractivity contribution is 5.96. The number of halogens is 3. The van der Waals surface area contributed by atoms with Crippen LogP contribution in [0.25, 0.3) is 0 Å². The summed E-state index contributed by atoms with van der Waals surface area (Å²) >= 11 is 0. The molecule has 0 saturated heterocycles. The monoisotopic (exact) mass is 363 g/mol. The van der Waals surface area contributed by atoms with E-state index in [1.165, 1.54) is 17.7 Å². The summed E-state index contributed by atoms with van der Waals surface area (Å²) in [4.78, 5) is 14.4. The molecule has 140 valence electrons. The quantitative estimate of drug-likeness (QED) is 0.614. The number of hydrogen-bond acceptors (Lipinski definition) is 2. The fraction of sp³-hybridized carbons (Fsp3) is 0.381. The van der Waals surface area contributed by atoms with Crippen LogP contribution >= 0.6 is 0 Å². The number of carbonyl (C=O) groups excluding carboxylic acids is 1. The van der Waals surface area contributed by atoms with Crippen LogP contribution in [0.2, 0.25) is 0 Å². The standard InChI is InChI=1S/C21H24F3NO/c1-25(2)15-3-4-16-5-10-18(11-6-16)20(26)14-9-17-7-12-19(13-8-17)21(22,23)24/h5-8,10-13H,3-4,9,14-15H2,1-2H3. The molecule has 0 unspecified atom stereocenters. The second kappa shape index (κ2) is 8.99. The lowest BCUT2D eigenvalue weighted by Crippen LogP contribution is -2.13. The van der Waals surface area contributed by atoms with Crippen LogP contribution in [0, 0.1) is 0 Å². The predicted molar refractivity (Wildman–Crippen MR) is 97.4 cm³/mol. The fourth-order valence-corrected chi connectivity index (χ4v) is 2.72. The van der Waals surface area contributed by atoms with Gasteiger partial charge in [0.25, 0.3) is 0 Å². The fourth-order valence-electron chi connectivity index (χ4n) is 2.72. The van der Waals surface area contributed by atoms with Crippen molar-refractivity contribution < 1.29 is 18.0 Å². The normalized spacial score (nSPS) is 11.8. The van der Waals surface area contributed by atoms with E-state index in [4.69, 9.17) is 0 Å². The summed E-state index contributed by atoms with van der Waals surface area (Å²) in [5.74, 6) is 0.00439. The molecule has 0 N–H and O–H groups in total. The Morgan fingerprint density at radius 2 is 1.42 bits per heavy atom. The summed E-state index contributed by atoms with van der Waals surface area (Å²) in [5.41, 5.74) is 1.91. The Morgan fingerprint density at radius 1 is 0.885 bits per heavy atom. The van der Waals surface area contributed by atoms with E-state index in [1.54, 1.807) is 0 Å². The van der Waals surface area contributed by atoms with E-state index < -0.39 is 11.7 Å². The molecular formula is C21H24F3NO. The van der Waals surface area contributed by atoms with Crippen LogP contribution in [0.15, 0.2) is 48.5 Å². The minimum atomic E-state index is -4.33. The first-order chi connectivity index (χ1) is 12.3. The highest BCUT2D eigenvalue weighted by Gasteiger charge is 2.29. The molecule has 0 fully saturated rings. The van der Waals surface area contributed by atoms with Gasteiger partial charge in [0.05, 0.1) is 5.56 Å². The first kappa shape index (κ1) is 20.2. The molecule has 26 heavy (non-hydrogen) atoms. The summed E-state index contributed by atoms with van der Waals surface area (Å²) in [5, 5.41) is 0. The Balaban J connectivity index is 1.85. The number of nitrogens with zero attached hydrogens (tertiary/aromatic N) is 1. The van der Waals surface area contributed by atoms with Gasteiger partial charge in [0.15, 0.2) is 5.78 Å². The number of hydrogen-bond donors (Lipinski definition) is 0. The number of carbonyl (C=O) groups is 1. The molecule has 0 aliphatic heterocycles. The summed E-state index contributed by atoms with van der Waals surface area (Å²) in [6, 6.07) is 12.6. The zero-order valence-electron chi connectivity index (χ0n) is 15.1. The smallest absolute Gasteiger partial charge is 0.309 e. The maximum atomic E-state index is 12.5. The Kier molecular flexibility index (Phi) is 6.98. The molecule has 0 aliphatic rings. The van der Waals surface area contributed by atoms with E-state index in [0.29, 0.717) is 12.0 Å². The molecule has 2 rings (SSSR count). The molecule has 2 nitrogen and oxygen atoms in total. The minimum absolute atomic E-state index is 0.00439. The van der Waals surface area contributed by atoms with Gasteiger partial charge >= 0.3 is 6.18 Å². The molecule has 2 aromatic rings. The number of benzene rings is 2. The van der Waals surface area contributed by atoms with E-state index in [2.05, 4.69) is 4.90 Å². The van der Waals surface area contributed by atoms with Crippen molar-refractivity contribution in [2.75, 3.05) is 20.6 Å². The van der Waals surface area contributed by atoms with Crippen molar-refractivity contribution in [3.8, 4) is 0 Å². The number of Topliss-reactive ketones (excluding diaryl/α,β-unsaturated/α-hetero) is 1. The summed E-state index contributed by atoms with van der Waals surface area (Å²) in [6.45, 7) is 1.02. The van der Waals surface area contributed by atoms with Crippen LogP contribution in [-0.2, 0) is 19.0 Å². The second-order valence-corrected chi connectivity index (χ2v) is 6.72. The minimum Gasteiger partial charge on any atom is -0.309 e. The predicted octanol–water partition coefficient (Wildman–Crippen LogP) is 5.02. The third-order valence-corrected chi connectivity index (χ3v) is 4.27. The van der Waals surface area contributed by atoms with Crippen LogP contribution in [0.1, 0.15) is 39.9 Å². The second-order valence-electron chi connectivity index (χ2n) is 6.72. The van der Waals surface area contributed by atoms with Crippen molar-refractivity contribution in [3.63, 3.8) is 0 Å². The largest absolute Gasteiger partial charge is 0.416 e. The highest BCUT2D eigenvalue weighted by Crippen LogP contribution is 2.29. The average molecular weight is 363 g/mol. The van der Waals surface area contributed by atoms with Gasteiger partial charge < -0.3 is 4.90 Å². The molecule has 0 bridgehead atoms. The third-order valence-electron chi connectivity index (χ3n) is 4.27. The Bertz CT molecular complexity index is 704. The molecule has 0 aliphatic carbocycles. The first-order valence-corrected chi connectivity index (χ1v) is 8.69. The van der Waals surface area contributed by atoms with Crippen molar-refractivity contribution in [1.82, 2.24) is 4.90 Å². The van der Waals surface area contributed by atoms with Crippen LogP contribution in [0.5, 0.6) is 0 Å². The van der Waals surface area contributed by atoms with E-state index in [0.717, 1.165) is 37.1 Å². The zero-order valence-corrected chi connectivity index (χ0v) is 15.1. The van der Waals surface area contributed by atoms with Gasteiger partial charge in [-0.15, -0.1) is 0 Å². The number of alkyl halides is 3. The molecule has 0 saturated carbocycles. The lowest BCUT2D eigenvalue weighted by Gasteiger charge is -2.09. The topological polar surface area (TPSA) is 20.3 Å². The van der Waals surface area contributed by atoms with Crippen molar-refractivity contribution in [1.29, 1.82) is 0 Å². The molecule has 2 aromatic carbocycles. The van der Waals surface area contributed by atoms with Gasteiger partial charge in [0.2, 0.25) is 0 Å². The van der Waals surface area contributed by atoms with Gasteiger partial charge in [-0.05, 0) is 63.2 Å². The van der Waals surface area contributed by atoms with Crippen molar-refractivity contribution in [3.05, 3.63) is 70.8 Å². The van der Waals surface area contributed by atoms with Gasteiger partial charge in [0, 0.05) is 12.0 Å².